The molecule has 3 aliphatic rings. The lowest BCUT2D eigenvalue weighted by Crippen LogP contribution is -3.14. The van der Waals surface area contributed by atoms with E-state index in [0.29, 0.717) is 31.7 Å². The number of hydrogen-bond acceptors (Lipinski definition) is 7. The van der Waals surface area contributed by atoms with E-state index in [0.717, 1.165) is 54.0 Å². The number of carbonyl (C=O) groups excluding carboxylic acids is 1. The fourth-order valence-electron chi connectivity index (χ4n) is 5.20. The van der Waals surface area contributed by atoms with Crippen LogP contribution in [0, 0.1) is 5.21 Å². The second-order valence-electron chi connectivity index (χ2n) is 8.81. The molecule has 1 aliphatic heterocycles. The number of ether oxygens (including phenoxy) is 1. The van der Waals surface area contributed by atoms with Crippen LogP contribution >= 0.6 is 0 Å². The molecule has 1 saturated heterocycles. The maximum Gasteiger partial charge on any atom is 0.436 e. The Hall–Kier alpha value is -2.54. The number of fused-ring (bicyclic) bond motifs is 2. The summed E-state index contributed by atoms with van der Waals surface area (Å²) in [5, 5.41) is 23.9. The molecule has 5 rings (SSSR count). The third-order valence-electron chi connectivity index (χ3n) is 6.73. The van der Waals surface area contributed by atoms with Crippen molar-refractivity contribution in [3.63, 3.8) is 0 Å². The first-order valence-electron chi connectivity index (χ1n) is 11.4. The van der Waals surface area contributed by atoms with Gasteiger partial charge >= 0.3 is 16.2 Å². The quantitative estimate of drug-likeness (QED) is 0.605. The molecular formula is C21H28N6O5S. The molecule has 0 saturated carbocycles. The molecule has 2 aromatic rings. The van der Waals surface area contributed by atoms with Gasteiger partial charge in [-0.25, -0.2) is 9.10 Å². The van der Waals surface area contributed by atoms with Gasteiger partial charge in [-0.05, 0) is 73.6 Å². The van der Waals surface area contributed by atoms with E-state index in [2.05, 4.69) is 21.6 Å². The molecular weight excluding hydrogens is 448 g/mol. The topological polar surface area (TPSA) is 134 Å². The summed E-state index contributed by atoms with van der Waals surface area (Å²) >= 11 is 0. The lowest BCUT2D eigenvalue weighted by molar-refractivity contribution is -0.604. The largest absolute Gasteiger partial charge is 0.608 e. The zero-order chi connectivity index (χ0) is 23.2. The van der Waals surface area contributed by atoms with E-state index in [1.54, 1.807) is 7.05 Å². The molecule has 2 aliphatic carbocycles. The average molecular weight is 477 g/mol. The van der Waals surface area contributed by atoms with Crippen LogP contribution < -0.4 is 14.1 Å². The summed E-state index contributed by atoms with van der Waals surface area (Å²) in [6.45, 7) is 0.721. The van der Waals surface area contributed by atoms with Crippen LogP contribution in [0.4, 0.5) is 16.3 Å². The van der Waals surface area contributed by atoms with Gasteiger partial charge in [0.25, 0.3) is 0 Å². The highest BCUT2D eigenvalue weighted by molar-refractivity contribution is 7.86. The summed E-state index contributed by atoms with van der Waals surface area (Å²) in [5.41, 5.74) is 5.08. The van der Waals surface area contributed by atoms with Gasteiger partial charge in [-0.15, -0.1) is 5.10 Å². The highest BCUT2D eigenvalue weighted by Crippen LogP contribution is 2.38. The van der Waals surface area contributed by atoms with Crippen LogP contribution in [0.2, 0.25) is 0 Å². The first-order chi connectivity index (χ1) is 15.9. The van der Waals surface area contributed by atoms with E-state index < -0.39 is 26.8 Å². The van der Waals surface area contributed by atoms with Crippen molar-refractivity contribution in [1.82, 2.24) is 15.0 Å². The molecule has 0 spiro atoms. The third kappa shape index (κ3) is 4.01. The Balaban J connectivity index is 1.45. The monoisotopic (exact) mass is 476 g/mol. The summed E-state index contributed by atoms with van der Waals surface area (Å²) in [4.78, 5) is 14.3. The van der Waals surface area contributed by atoms with Crippen LogP contribution in [-0.4, -0.2) is 48.7 Å². The fraction of sp³-hybridized carbons (Fsp3) is 0.571. The molecule has 2 heterocycles. The number of nitrogens with one attached hydrogen (secondary N) is 2. The Bertz CT molecular complexity index is 1140. The SMILES string of the molecule is Cn1ncc(N(C2CCOCC2)S(=O)(=O)[NH+]([O-])C(=O)Nc2c3c(cc4c2CCC4)CCC3)n1. The normalized spacial score (nSPS) is 19.2. The third-order valence-corrected chi connectivity index (χ3v) is 8.38. The molecule has 1 aromatic carbocycles. The van der Waals surface area contributed by atoms with Gasteiger partial charge in [-0.3, -0.25) is 5.32 Å². The van der Waals surface area contributed by atoms with Gasteiger partial charge in [0.1, 0.15) is 0 Å². The molecule has 1 unspecified atom stereocenters. The van der Waals surface area contributed by atoms with Crippen molar-refractivity contribution in [1.29, 1.82) is 0 Å². The Morgan fingerprint density at radius 3 is 2.39 bits per heavy atom. The van der Waals surface area contributed by atoms with E-state index in [4.69, 9.17) is 4.74 Å². The number of hydrogen-bond donors (Lipinski definition) is 2. The van der Waals surface area contributed by atoms with Gasteiger partial charge in [0.2, 0.25) is 0 Å². The van der Waals surface area contributed by atoms with Crippen molar-refractivity contribution in [2.75, 3.05) is 22.8 Å². The van der Waals surface area contributed by atoms with E-state index in [-0.39, 0.29) is 5.82 Å². The number of rotatable bonds is 5. The van der Waals surface area contributed by atoms with E-state index in [1.807, 2.05) is 0 Å². The number of carbonyl (C=O) groups is 1. The summed E-state index contributed by atoms with van der Waals surface area (Å²) in [6, 6.07) is 0.535. The molecule has 33 heavy (non-hydrogen) atoms. The lowest BCUT2D eigenvalue weighted by atomic mass is 9.99. The fourth-order valence-corrected chi connectivity index (χ4v) is 6.60. The van der Waals surface area contributed by atoms with Crippen molar-refractivity contribution in [3.05, 3.63) is 39.7 Å². The minimum Gasteiger partial charge on any atom is -0.608 e. The minimum atomic E-state index is -4.68. The first kappa shape index (κ1) is 22.3. The standard InChI is InChI=1S/C21H28N6O5S/c1-25-22-13-19(24-25)26(16-8-10-32-11-9-16)33(30,31)27(29)21(28)23-20-17-6-2-4-14(17)12-15-5-3-7-18(15)20/h12-13,16,27H,2-11H2,1H3,(H,23,28). The predicted molar refractivity (Wildman–Crippen MR) is 120 cm³/mol. The highest BCUT2D eigenvalue weighted by atomic mass is 32.2. The summed E-state index contributed by atoms with van der Waals surface area (Å²) in [5.74, 6) is 0.0204. The van der Waals surface area contributed by atoms with Gasteiger partial charge in [-0.1, -0.05) is 6.07 Å². The van der Waals surface area contributed by atoms with Crippen LogP contribution in [-0.2, 0) is 47.7 Å². The number of benzene rings is 1. The van der Waals surface area contributed by atoms with Crippen molar-refractivity contribution in [2.45, 2.75) is 57.4 Å². The maximum atomic E-state index is 13.4. The smallest absolute Gasteiger partial charge is 0.436 e. The molecule has 2 N–H and O–H groups in total. The van der Waals surface area contributed by atoms with Crippen LogP contribution in [0.15, 0.2) is 12.3 Å². The molecule has 0 bridgehead atoms. The zero-order valence-corrected chi connectivity index (χ0v) is 19.4. The van der Waals surface area contributed by atoms with Crippen molar-refractivity contribution in [2.24, 2.45) is 7.05 Å². The van der Waals surface area contributed by atoms with Crippen LogP contribution in [0.1, 0.15) is 47.9 Å². The van der Waals surface area contributed by atoms with Crippen molar-refractivity contribution < 1.29 is 22.4 Å². The van der Waals surface area contributed by atoms with Crippen LogP contribution in [0.25, 0.3) is 0 Å². The Morgan fingerprint density at radius 2 is 1.82 bits per heavy atom. The van der Waals surface area contributed by atoms with Crippen LogP contribution in [0.3, 0.4) is 0 Å². The Labute approximate surface area is 192 Å². The zero-order valence-electron chi connectivity index (χ0n) is 18.5. The Kier molecular flexibility index (Phi) is 5.85. The number of amides is 2. The number of aromatic nitrogens is 3. The molecule has 11 nitrogen and oxygen atoms in total. The Morgan fingerprint density at radius 1 is 1.18 bits per heavy atom. The number of quaternary nitrogens is 1. The van der Waals surface area contributed by atoms with Gasteiger partial charge in [-0.2, -0.15) is 22.8 Å². The number of anilines is 2. The molecule has 12 heteroatoms. The first-order valence-corrected chi connectivity index (χ1v) is 12.8. The molecule has 1 fully saturated rings. The van der Waals surface area contributed by atoms with Crippen LogP contribution in [0.5, 0.6) is 0 Å². The average Bonchev–Trinajstić information content (AvgIpc) is 3.55. The van der Waals surface area contributed by atoms with Gasteiger partial charge in [0, 0.05) is 20.3 Å². The van der Waals surface area contributed by atoms with E-state index >= 15 is 0 Å². The van der Waals surface area contributed by atoms with Crippen molar-refractivity contribution >= 4 is 27.7 Å². The molecule has 1 atom stereocenters. The van der Waals surface area contributed by atoms with E-state index in [9.17, 15) is 18.4 Å². The van der Waals surface area contributed by atoms with Gasteiger partial charge < -0.3 is 9.94 Å². The number of aryl methyl sites for hydroxylation is 3. The highest BCUT2D eigenvalue weighted by Gasteiger charge is 2.41. The lowest BCUT2D eigenvalue weighted by Gasteiger charge is -2.34. The molecule has 2 amide bonds. The minimum absolute atomic E-state index is 0.0204. The summed E-state index contributed by atoms with van der Waals surface area (Å²) in [7, 11) is -3.12. The number of hydroxylamine groups is 1. The maximum absolute atomic E-state index is 13.4. The second kappa shape index (κ2) is 8.67. The predicted octanol–water partition coefficient (Wildman–Crippen LogP) is 0.638. The van der Waals surface area contributed by atoms with E-state index in [1.165, 1.54) is 22.1 Å². The summed E-state index contributed by atoms with van der Waals surface area (Å²) in [6.07, 6.45) is 7.53. The van der Waals surface area contributed by atoms with Crippen molar-refractivity contribution in [3.8, 4) is 0 Å². The second-order valence-corrected chi connectivity index (χ2v) is 10.5. The van der Waals surface area contributed by atoms with Gasteiger partial charge in [0.05, 0.1) is 17.9 Å². The molecule has 0 radical (unpaired) electrons. The van der Waals surface area contributed by atoms with Gasteiger partial charge in [0.15, 0.2) is 5.82 Å². The summed E-state index contributed by atoms with van der Waals surface area (Å²) < 4.78 is 31.7. The number of nitrogens with zero attached hydrogens (tertiary/aromatic N) is 4. The molecule has 178 valence electrons. The molecule has 1 aromatic heterocycles. The number of urea groups is 1.